The van der Waals surface area contributed by atoms with Crippen LogP contribution in [0.15, 0.2) is 36.7 Å². The van der Waals surface area contributed by atoms with Crippen LogP contribution in [0.25, 0.3) is 33.2 Å². The zero-order valence-corrected chi connectivity index (χ0v) is 17.6. The van der Waals surface area contributed by atoms with Gasteiger partial charge in [-0.15, -0.1) is 0 Å². The first kappa shape index (κ1) is 18.8. The van der Waals surface area contributed by atoms with E-state index in [1.807, 2.05) is 12.4 Å². The first-order valence-electron chi connectivity index (χ1n) is 11.2. The van der Waals surface area contributed by atoms with Gasteiger partial charge in [0.15, 0.2) is 5.65 Å². The van der Waals surface area contributed by atoms with E-state index in [4.69, 9.17) is 19.8 Å². The van der Waals surface area contributed by atoms with Gasteiger partial charge in [0.1, 0.15) is 0 Å². The van der Waals surface area contributed by atoms with Crippen molar-refractivity contribution in [2.24, 2.45) is 0 Å². The molecule has 0 saturated carbocycles. The molecule has 2 saturated heterocycles. The second-order valence-corrected chi connectivity index (χ2v) is 8.41. The molecule has 6 rings (SSSR count). The monoisotopic (exact) mass is 417 g/mol. The van der Waals surface area contributed by atoms with E-state index in [-0.39, 0.29) is 0 Å². The predicted molar refractivity (Wildman–Crippen MR) is 121 cm³/mol. The van der Waals surface area contributed by atoms with E-state index in [1.54, 1.807) is 0 Å². The van der Waals surface area contributed by atoms with Crippen LogP contribution in [-0.2, 0) is 11.3 Å². The summed E-state index contributed by atoms with van der Waals surface area (Å²) in [4.78, 5) is 18.0. The van der Waals surface area contributed by atoms with E-state index in [0.29, 0.717) is 13.2 Å². The quantitative estimate of drug-likeness (QED) is 0.538. The summed E-state index contributed by atoms with van der Waals surface area (Å²) in [5.74, 6) is 0.764. The van der Waals surface area contributed by atoms with Crippen LogP contribution < -0.4 is 4.90 Å². The Kier molecular flexibility index (Phi) is 4.81. The zero-order valence-electron chi connectivity index (χ0n) is 17.6. The summed E-state index contributed by atoms with van der Waals surface area (Å²) in [7, 11) is 0. The summed E-state index contributed by atoms with van der Waals surface area (Å²) < 4.78 is 7.59. The number of aromatic amines is 1. The molecule has 1 N–H and O–H groups in total. The fraction of sp³-hybridized carbons (Fsp3) is 0.435. The van der Waals surface area contributed by atoms with Gasteiger partial charge in [-0.3, -0.25) is 0 Å². The lowest BCUT2D eigenvalue weighted by Crippen LogP contribution is -2.37. The van der Waals surface area contributed by atoms with Gasteiger partial charge in [0, 0.05) is 36.9 Å². The molecule has 0 radical (unpaired) electrons. The number of nitrogens with one attached hydrogen (secondary N) is 1. The number of rotatable bonds is 5. The number of fused-ring (bicyclic) bond motifs is 2. The molecule has 0 aliphatic carbocycles. The Morgan fingerprint density at radius 2 is 1.84 bits per heavy atom. The van der Waals surface area contributed by atoms with Crippen molar-refractivity contribution in [1.82, 2.24) is 29.6 Å². The molecular formula is C23H27N7O. The van der Waals surface area contributed by atoms with Gasteiger partial charge in [0.05, 0.1) is 37.0 Å². The van der Waals surface area contributed by atoms with Crippen LogP contribution in [-0.4, -0.2) is 75.6 Å². The van der Waals surface area contributed by atoms with E-state index >= 15 is 0 Å². The second-order valence-electron chi connectivity index (χ2n) is 8.41. The molecule has 2 fully saturated rings. The number of anilines is 1. The molecule has 1 aromatic carbocycles. The highest BCUT2D eigenvalue weighted by molar-refractivity contribution is 5.94. The standard InChI is InChI=1S/C23H27N7O/c1-2-8-28(7-1)9-10-30-22-19(16-25-30)21(18-4-3-17-5-6-24-20(17)15-18)26-23(27-22)29-11-13-31-14-12-29/h3-6,15-16,24H,1-2,7-14H2. The fourth-order valence-corrected chi connectivity index (χ4v) is 4.67. The minimum absolute atomic E-state index is 0.708. The Bertz CT molecular complexity index is 1200. The number of morpholine rings is 1. The Hall–Kier alpha value is -2.97. The summed E-state index contributed by atoms with van der Waals surface area (Å²) in [5, 5.41) is 6.92. The molecule has 31 heavy (non-hydrogen) atoms. The Morgan fingerprint density at radius 1 is 0.968 bits per heavy atom. The first-order chi connectivity index (χ1) is 15.3. The van der Waals surface area contributed by atoms with Crippen molar-refractivity contribution in [2.75, 3.05) is 50.8 Å². The molecule has 0 amide bonds. The fourth-order valence-electron chi connectivity index (χ4n) is 4.67. The number of hydrogen-bond acceptors (Lipinski definition) is 6. The summed E-state index contributed by atoms with van der Waals surface area (Å²) in [6, 6.07) is 8.54. The lowest BCUT2D eigenvalue weighted by atomic mass is 10.1. The van der Waals surface area contributed by atoms with Gasteiger partial charge < -0.3 is 19.5 Å². The Labute approximate surface area is 180 Å². The summed E-state index contributed by atoms with van der Waals surface area (Å²) in [6.07, 6.45) is 6.50. The number of hydrogen-bond donors (Lipinski definition) is 1. The molecule has 8 heteroatoms. The van der Waals surface area contributed by atoms with Gasteiger partial charge >= 0.3 is 0 Å². The van der Waals surface area contributed by atoms with Gasteiger partial charge in [0.2, 0.25) is 5.95 Å². The van der Waals surface area contributed by atoms with Crippen LogP contribution in [0.5, 0.6) is 0 Å². The van der Waals surface area contributed by atoms with Crippen LogP contribution in [0, 0.1) is 0 Å². The highest BCUT2D eigenvalue weighted by Crippen LogP contribution is 2.30. The van der Waals surface area contributed by atoms with Crippen LogP contribution in [0.2, 0.25) is 0 Å². The van der Waals surface area contributed by atoms with Crippen molar-refractivity contribution >= 4 is 27.9 Å². The molecule has 5 heterocycles. The highest BCUT2D eigenvalue weighted by Gasteiger charge is 2.20. The van der Waals surface area contributed by atoms with Crippen molar-refractivity contribution in [2.45, 2.75) is 19.4 Å². The van der Waals surface area contributed by atoms with Crippen molar-refractivity contribution < 1.29 is 4.74 Å². The van der Waals surface area contributed by atoms with Crippen molar-refractivity contribution in [3.63, 3.8) is 0 Å². The average molecular weight is 418 g/mol. The zero-order chi connectivity index (χ0) is 20.6. The normalized spacial score (nSPS) is 17.9. The predicted octanol–water partition coefficient (Wildman–Crippen LogP) is 2.91. The molecule has 3 aromatic heterocycles. The van der Waals surface area contributed by atoms with E-state index in [9.17, 15) is 0 Å². The number of benzene rings is 1. The maximum atomic E-state index is 5.54. The Balaban J connectivity index is 1.44. The third kappa shape index (κ3) is 3.55. The average Bonchev–Trinajstić information content (AvgIpc) is 3.58. The maximum absolute atomic E-state index is 5.54. The minimum atomic E-state index is 0.708. The van der Waals surface area contributed by atoms with Crippen molar-refractivity contribution in [1.29, 1.82) is 0 Å². The van der Waals surface area contributed by atoms with E-state index in [2.05, 4.69) is 43.7 Å². The SMILES string of the molecule is c1cc2ccc(-c3nc(N4CCOCC4)nc4c3cnn4CCN3CCCC3)cc2[nH]1. The topological polar surface area (TPSA) is 75.1 Å². The molecular weight excluding hydrogens is 390 g/mol. The van der Waals surface area contributed by atoms with Crippen LogP contribution in [0.4, 0.5) is 5.95 Å². The smallest absolute Gasteiger partial charge is 0.228 e. The minimum Gasteiger partial charge on any atom is -0.378 e. The number of nitrogens with zero attached hydrogens (tertiary/aromatic N) is 6. The van der Waals surface area contributed by atoms with E-state index in [0.717, 1.165) is 59.9 Å². The lowest BCUT2D eigenvalue weighted by molar-refractivity contribution is 0.122. The molecule has 0 atom stereocenters. The van der Waals surface area contributed by atoms with Gasteiger partial charge in [-0.1, -0.05) is 12.1 Å². The molecule has 0 unspecified atom stereocenters. The van der Waals surface area contributed by atoms with Crippen LogP contribution >= 0.6 is 0 Å². The number of ether oxygens (including phenoxy) is 1. The van der Waals surface area contributed by atoms with E-state index < -0.39 is 0 Å². The van der Waals surface area contributed by atoms with Crippen molar-refractivity contribution in [3.05, 3.63) is 36.7 Å². The molecule has 8 nitrogen and oxygen atoms in total. The third-order valence-electron chi connectivity index (χ3n) is 6.43. The number of likely N-dealkylation sites (tertiary alicyclic amines) is 1. The number of aromatic nitrogens is 5. The molecule has 0 bridgehead atoms. The third-order valence-corrected chi connectivity index (χ3v) is 6.43. The van der Waals surface area contributed by atoms with E-state index in [1.165, 1.54) is 31.3 Å². The van der Waals surface area contributed by atoms with Gasteiger partial charge in [0.25, 0.3) is 0 Å². The molecule has 2 aliphatic rings. The number of H-pyrrole nitrogens is 1. The lowest BCUT2D eigenvalue weighted by Gasteiger charge is -2.27. The molecule has 2 aliphatic heterocycles. The highest BCUT2D eigenvalue weighted by atomic mass is 16.5. The van der Waals surface area contributed by atoms with Crippen LogP contribution in [0.3, 0.4) is 0 Å². The first-order valence-corrected chi connectivity index (χ1v) is 11.2. The summed E-state index contributed by atoms with van der Waals surface area (Å²) in [6.45, 7) is 7.27. The van der Waals surface area contributed by atoms with Crippen molar-refractivity contribution in [3.8, 4) is 11.3 Å². The maximum Gasteiger partial charge on any atom is 0.228 e. The van der Waals surface area contributed by atoms with Gasteiger partial charge in [-0.2, -0.15) is 10.1 Å². The Morgan fingerprint density at radius 3 is 2.71 bits per heavy atom. The summed E-state index contributed by atoms with van der Waals surface area (Å²) in [5.41, 5.74) is 4.04. The molecule has 0 spiro atoms. The second kappa shape index (κ2) is 7.94. The largest absolute Gasteiger partial charge is 0.378 e. The van der Waals surface area contributed by atoms with Gasteiger partial charge in [-0.25, -0.2) is 9.67 Å². The molecule has 160 valence electrons. The van der Waals surface area contributed by atoms with Crippen LogP contribution in [0.1, 0.15) is 12.8 Å². The molecule has 4 aromatic rings. The summed E-state index contributed by atoms with van der Waals surface area (Å²) >= 11 is 0. The van der Waals surface area contributed by atoms with Gasteiger partial charge in [-0.05, 0) is 43.5 Å².